The van der Waals surface area contributed by atoms with Crippen molar-refractivity contribution < 1.29 is 32.9 Å². The van der Waals surface area contributed by atoms with Crippen molar-refractivity contribution in [2.45, 2.75) is 46.3 Å². The second-order valence-corrected chi connectivity index (χ2v) is 11.6. The van der Waals surface area contributed by atoms with Crippen LogP contribution >= 0.6 is 0 Å². The Bertz CT molecular complexity index is 2060. The quantitative estimate of drug-likeness (QED) is 0.123. The molecule has 0 fully saturated rings. The number of ether oxygens (including phenoxy) is 3. The largest absolute Gasteiger partial charge is 0.493 e. The number of carboxylic acids is 1. The normalized spacial score (nSPS) is 11.4. The number of carboxylic acid groups (broad SMARTS) is 1. The van der Waals surface area contributed by atoms with E-state index in [-0.39, 0.29) is 25.6 Å². The molecular formula is C38H36N4O7. The van der Waals surface area contributed by atoms with E-state index in [1.165, 1.54) is 0 Å². The van der Waals surface area contributed by atoms with E-state index in [9.17, 15) is 4.79 Å². The number of nitrogens with zero attached hydrogens (tertiary/aromatic N) is 4. The average Bonchev–Trinajstić information content (AvgIpc) is 3.85. The summed E-state index contributed by atoms with van der Waals surface area (Å²) in [5, 5.41) is 13.7. The Kier molecular flexibility index (Phi) is 9.89. The van der Waals surface area contributed by atoms with Gasteiger partial charge in [-0.25, -0.2) is 14.6 Å². The van der Waals surface area contributed by atoms with Crippen molar-refractivity contribution in [1.29, 1.82) is 0 Å². The summed E-state index contributed by atoms with van der Waals surface area (Å²) in [4.78, 5) is 20.1. The van der Waals surface area contributed by atoms with Crippen LogP contribution in [0, 0.1) is 6.92 Å². The molecule has 0 radical (unpaired) electrons. The molecule has 0 bridgehead atoms. The molecule has 3 aromatic carbocycles. The Morgan fingerprint density at radius 3 is 2.43 bits per heavy atom. The van der Waals surface area contributed by atoms with E-state index in [2.05, 4.69) is 9.97 Å². The fraction of sp³-hybridized carbons (Fsp3) is 0.211. The highest BCUT2D eigenvalue weighted by molar-refractivity contribution is 5.71. The third kappa shape index (κ3) is 8.07. The van der Waals surface area contributed by atoms with Gasteiger partial charge in [-0.1, -0.05) is 50.2 Å². The summed E-state index contributed by atoms with van der Waals surface area (Å²) in [6, 6.07) is 22.5. The lowest BCUT2D eigenvalue weighted by atomic mass is 10.1. The summed E-state index contributed by atoms with van der Waals surface area (Å²) in [5.74, 6) is 2.59. The first-order chi connectivity index (χ1) is 23.7. The lowest BCUT2D eigenvalue weighted by Gasteiger charge is -2.12. The van der Waals surface area contributed by atoms with Gasteiger partial charge in [-0.15, -0.1) is 5.10 Å². The van der Waals surface area contributed by atoms with Gasteiger partial charge in [-0.3, -0.25) is 4.79 Å². The Hall–Kier alpha value is -6.10. The lowest BCUT2D eigenvalue weighted by Crippen LogP contribution is -2.02. The van der Waals surface area contributed by atoms with Crippen LogP contribution in [0.15, 0.2) is 94.1 Å². The molecule has 250 valence electrons. The van der Waals surface area contributed by atoms with Crippen LogP contribution < -0.4 is 14.2 Å². The predicted octanol–water partition coefficient (Wildman–Crippen LogP) is 7.91. The summed E-state index contributed by atoms with van der Waals surface area (Å²) >= 11 is 0. The molecule has 6 aromatic rings. The monoisotopic (exact) mass is 660 g/mol. The zero-order valence-electron chi connectivity index (χ0n) is 27.6. The number of hydrogen-bond acceptors (Lipinski definition) is 9. The molecule has 0 unspecified atom stereocenters. The van der Waals surface area contributed by atoms with E-state index in [0.717, 1.165) is 22.4 Å². The number of hydrogen-bond donors (Lipinski definition) is 1. The number of aryl methyl sites for hydroxylation is 1. The summed E-state index contributed by atoms with van der Waals surface area (Å²) < 4.78 is 31.2. The molecule has 11 heteroatoms. The van der Waals surface area contributed by atoms with E-state index in [1.807, 2.05) is 87.7 Å². The lowest BCUT2D eigenvalue weighted by molar-refractivity contribution is -0.136. The summed E-state index contributed by atoms with van der Waals surface area (Å²) in [6.07, 6.45) is 7.29. The van der Waals surface area contributed by atoms with E-state index in [1.54, 1.807) is 42.3 Å². The zero-order chi connectivity index (χ0) is 34.3. The molecule has 0 saturated carbocycles. The van der Waals surface area contributed by atoms with E-state index >= 15 is 0 Å². The van der Waals surface area contributed by atoms with Crippen molar-refractivity contribution >= 4 is 18.1 Å². The van der Waals surface area contributed by atoms with Gasteiger partial charge in [0.05, 0.1) is 24.8 Å². The van der Waals surface area contributed by atoms with Crippen LogP contribution in [0.4, 0.5) is 0 Å². The van der Waals surface area contributed by atoms with Crippen LogP contribution in [-0.4, -0.2) is 37.9 Å². The minimum Gasteiger partial charge on any atom is -0.493 e. The van der Waals surface area contributed by atoms with Crippen LogP contribution in [-0.2, 0) is 24.4 Å². The molecule has 0 spiro atoms. The predicted molar refractivity (Wildman–Crippen MR) is 183 cm³/mol. The Morgan fingerprint density at radius 2 is 1.71 bits per heavy atom. The maximum atomic E-state index is 11.0. The van der Waals surface area contributed by atoms with Gasteiger partial charge in [-0.2, -0.15) is 0 Å². The van der Waals surface area contributed by atoms with Crippen LogP contribution in [0.1, 0.15) is 59.5 Å². The second-order valence-electron chi connectivity index (χ2n) is 11.6. The number of carbonyl (C=O) groups is 1. The van der Waals surface area contributed by atoms with Gasteiger partial charge in [0.2, 0.25) is 11.8 Å². The third-order valence-corrected chi connectivity index (χ3v) is 7.61. The van der Waals surface area contributed by atoms with Gasteiger partial charge in [0.25, 0.3) is 0 Å². The molecule has 0 amide bonds. The number of aliphatic carboxylic acids is 1. The van der Waals surface area contributed by atoms with Crippen molar-refractivity contribution in [3.05, 3.63) is 125 Å². The van der Waals surface area contributed by atoms with E-state index in [0.29, 0.717) is 51.9 Å². The van der Waals surface area contributed by atoms with Gasteiger partial charge in [0, 0.05) is 17.7 Å². The molecule has 11 nitrogen and oxygen atoms in total. The molecule has 6 rings (SSSR count). The maximum Gasteiger partial charge on any atom is 0.307 e. The molecule has 0 aliphatic rings. The van der Waals surface area contributed by atoms with Gasteiger partial charge >= 0.3 is 5.97 Å². The summed E-state index contributed by atoms with van der Waals surface area (Å²) in [7, 11) is 1.58. The average molecular weight is 661 g/mol. The Labute approximate surface area is 283 Å². The minimum atomic E-state index is -0.882. The van der Waals surface area contributed by atoms with Crippen molar-refractivity contribution in [2.24, 2.45) is 0 Å². The van der Waals surface area contributed by atoms with Crippen molar-refractivity contribution in [3.63, 3.8) is 0 Å². The first-order valence-corrected chi connectivity index (χ1v) is 15.7. The highest BCUT2D eigenvalue weighted by Gasteiger charge is 2.16. The van der Waals surface area contributed by atoms with Gasteiger partial charge in [0.1, 0.15) is 36.6 Å². The zero-order valence-corrected chi connectivity index (χ0v) is 27.6. The highest BCUT2D eigenvalue weighted by atomic mass is 16.5. The number of aromatic nitrogens is 4. The van der Waals surface area contributed by atoms with E-state index in [4.69, 9.17) is 33.3 Å². The van der Waals surface area contributed by atoms with Gasteiger partial charge < -0.3 is 28.2 Å². The molecule has 0 atom stereocenters. The fourth-order valence-electron chi connectivity index (χ4n) is 4.97. The summed E-state index contributed by atoms with van der Waals surface area (Å²) in [6.45, 7) is 6.29. The molecule has 0 aliphatic carbocycles. The third-order valence-electron chi connectivity index (χ3n) is 7.61. The van der Waals surface area contributed by atoms with E-state index < -0.39 is 5.97 Å². The molecule has 1 N–H and O–H groups in total. The van der Waals surface area contributed by atoms with Crippen LogP contribution in [0.25, 0.3) is 29.3 Å². The summed E-state index contributed by atoms with van der Waals surface area (Å²) in [5.41, 5.74) is 5.34. The molecular weight excluding hydrogens is 624 g/mol. The Morgan fingerprint density at radius 1 is 0.939 bits per heavy atom. The molecule has 3 aromatic heterocycles. The van der Waals surface area contributed by atoms with Crippen molar-refractivity contribution in [2.75, 3.05) is 7.11 Å². The number of para-hydroxylation sites is 1. The standard InChI is InChI=1S/C38H36N4O7/c1-24(2)36-39-30(22-48-36)16-15-29-20-42(31-8-6-5-7-9-31)41-38(29)47-21-27-12-17-33(34(18-27)45-4)46-23-32-25(3)49-37(40-32)28-13-10-26(11-14-28)19-35(43)44/h5-18,20,22,24H,19,21,23H2,1-4H3,(H,43,44)/b16-15+. The molecule has 0 saturated heterocycles. The first kappa shape index (κ1) is 32.8. The van der Waals surface area contributed by atoms with Crippen molar-refractivity contribution in [1.82, 2.24) is 19.7 Å². The van der Waals surface area contributed by atoms with Gasteiger partial charge in [-0.05, 0) is 66.6 Å². The molecule has 0 aliphatic heterocycles. The topological polar surface area (TPSA) is 135 Å². The van der Waals surface area contributed by atoms with Gasteiger partial charge in [0.15, 0.2) is 17.4 Å². The fourth-order valence-corrected chi connectivity index (χ4v) is 4.97. The SMILES string of the molecule is COc1cc(COc2nn(-c3ccccc3)cc2/C=C/c2coc(C(C)C)n2)ccc1OCc1nc(-c2ccc(CC(=O)O)cc2)oc1C. The highest BCUT2D eigenvalue weighted by Crippen LogP contribution is 2.31. The molecule has 49 heavy (non-hydrogen) atoms. The second kappa shape index (κ2) is 14.8. The number of rotatable bonds is 14. The smallest absolute Gasteiger partial charge is 0.307 e. The van der Waals surface area contributed by atoms with Crippen LogP contribution in [0.3, 0.4) is 0 Å². The number of benzene rings is 3. The number of oxazole rings is 2. The minimum absolute atomic E-state index is 0.0439. The number of methoxy groups -OCH3 is 1. The van der Waals surface area contributed by atoms with Crippen LogP contribution in [0.5, 0.6) is 17.4 Å². The van der Waals surface area contributed by atoms with Crippen molar-refractivity contribution in [3.8, 4) is 34.5 Å². The Balaban J connectivity index is 1.14. The maximum absolute atomic E-state index is 11.0. The first-order valence-electron chi connectivity index (χ1n) is 15.7. The molecule has 3 heterocycles. The van der Waals surface area contributed by atoms with Crippen LogP contribution in [0.2, 0.25) is 0 Å².